The lowest BCUT2D eigenvalue weighted by Crippen LogP contribution is -2.56. The summed E-state index contributed by atoms with van der Waals surface area (Å²) in [7, 11) is 0. The maximum Gasteiger partial charge on any atom is 0.243 e. The van der Waals surface area contributed by atoms with Crippen molar-refractivity contribution in [2.75, 3.05) is 6.54 Å². The fourth-order valence-corrected chi connectivity index (χ4v) is 6.21. The van der Waals surface area contributed by atoms with Crippen LogP contribution in [0.1, 0.15) is 86.5 Å². The molecule has 3 rings (SSSR count). The highest BCUT2D eigenvalue weighted by molar-refractivity contribution is 6.38. The third-order valence-electron chi connectivity index (χ3n) is 8.73. The first kappa shape index (κ1) is 23.9. The van der Waals surface area contributed by atoms with Crippen LogP contribution >= 0.6 is 0 Å². The minimum absolute atomic E-state index is 0.0155. The van der Waals surface area contributed by atoms with E-state index in [-0.39, 0.29) is 34.5 Å². The summed E-state index contributed by atoms with van der Waals surface area (Å²) in [6.07, 6.45) is 6.75. The molecule has 0 aromatic heterocycles. The number of Topliss-reactive ketones (excluding diaryl/α,β-unsaturated/α-hetero) is 2. The van der Waals surface area contributed by atoms with Crippen molar-refractivity contribution in [2.24, 2.45) is 28.6 Å². The number of fused-ring (bicyclic) bond motifs is 1. The van der Waals surface area contributed by atoms with Gasteiger partial charge in [-0.1, -0.05) is 60.3 Å². The molecule has 1 N–H and O–H groups in total. The second-order valence-corrected chi connectivity index (χ2v) is 11.1. The molecule has 0 radical (unpaired) electrons. The molecular formula is C25H40N2O4. The molecule has 1 heterocycles. The molecule has 1 aliphatic heterocycles. The van der Waals surface area contributed by atoms with Crippen LogP contribution < -0.4 is 5.32 Å². The van der Waals surface area contributed by atoms with Crippen LogP contribution in [0.2, 0.25) is 0 Å². The Kier molecular flexibility index (Phi) is 6.69. The number of ketones is 2. The van der Waals surface area contributed by atoms with Gasteiger partial charge in [-0.3, -0.25) is 19.2 Å². The molecule has 1 saturated heterocycles. The monoisotopic (exact) mass is 432 g/mol. The van der Waals surface area contributed by atoms with Gasteiger partial charge in [-0.2, -0.15) is 0 Å². The third-order valence-corrected chi connectivity index (χ3v) is 8.73. The first-order valence-electron chi connectivity index (χ1n) is 12.1. The lowest BCUT2D eigenvalue weighted by molar-refractivity contribution is -0.147. The summed E-state index contributed by atoms with van der Waals surface area (Å²) in [5.74, 6) is -1.02. The van der Waals surface area contributed by atoms with Gasteiger partial charge in [-0.25, -0.2) is 0 Å². The van der Waals surface area contributed by atoms with Crippen molar-refractivity contribution >= 4 is 23.4 Å². The largest absolute Gasteiger partial charge is 0.344 e. The highest BCUT2D eigenvalue weighted by Crippen LogP contribution is 2.65. The molecule has 174 valence electrons. The van der Waals surface area contributed by atoms with E-state index in [9.17, 15) is 19.2 Å². The van der Waals surface area contributed by atoms with Gasteiger partial charge in [0.1, 0.15) is 6.04 Å². The van der Waals surface area contributed by atoms with E-state index in [2.05, 4.69) is 26.1 Å². The molecule has 2 saturated carbocycles. The number of rotatable bonds is 8. The number of nitrogens with one attached hydrogen (secondary N) is 1. The Morgan fingerprint density at radius 3 is 2.23 bits per heavy atom. The van der Waals surface area contributed by atoms with Gasteiger partial charge in [0.25, 0.3) is 0 Å². The molecule has 0 aromatic carbocycles. The molecule has 5 atom stereocenters. The van der Waals surface area contributed by atoms with E-state index in [1.807, 2.05) is 13.8 Å². The molecule has 31 heavy (non-hydrogen) atoms. The van der Waals surface area contributed by atoms with Gasteiger partial charge in [0, 0.05) is 19.4 Å². The minimum atomic E-state index is -0.804. The van der Waals surface area contributed by atoms with E-state index in [1.54, 1.807) is 4.90 Å². The van der Waals surface area contributed by atoms with Crippen molar-refractivity contribution in [1.82, 2.24) is 10.2 Å². The van der Waals surface area contributed by atoms with E-state index in [0.717, 1.165) is 25.7 Å². The van der Waals surface area contributed by atoms with E-state index in [0.29, 0.717) is 25.3 Å². The van der Waals surface area contributed by atoms with Crippen molar-refractivity contribution in [3.8, 4) is 0 Å². The molecule has 2 amide bonds. The summed E-state index contributed by atoms with van der Waals surface area (Å²) < 4.78 is 0. The van der Waals surface area contributed by atoms with Gasteiger partial charge >= 0.3 is 0 Å². The fraction of sp³-hybridized carbons (Fsp3) is 0.840. The number of likely N-dealkylation sites (tertiary alicyclic amines) is 1. The number of carbonyl (C=O) groups excluding carboxylic acids is 4. The molecule has 2 aliphatic carbocycles. The molecular weight excluding hydrogens is 392 g/mol. The SMILES string of the molecule is CCCC(NC(=O)[C@@H]1C2C(CN1C(=O)[C@@H](C)C1(C)CCCCC1)C2(C)C)C(=O)C(C)=O. The second-order valence-electron chi connectivity index (χ2n) is 11.1. The summed E-state index contributed by atoms with van der Waals surface area (Å²) in [5.41, 5.74) is -0.00436. The zero-order valence-electron chi connectivity index (χ0n) is 20.1. The van der Waals surface area contributed by atoms with E-state index >= 15 is 0 Å². The lowest BCUT2D eigenvalue weighted by Gasteiger charge is -2.41. The average molecular weight is 433 g/mol. The van der Waals surface area contributed by atoms with Crippen molar-refractivity contribution in [2.45, 2.75) is 98.6 Å². The first-order valence-corrected chi connectivity index (χ1v) is 12.1. The normalized spacial score (nSPS) is 30.1. The Balaban J connectivity index is 1.80. The molecule has 0 spiro atoms. The second kappa shape index (κ2) is 8.67. The molecule has 0 bridgehead atoms. The van der Waals surface area contributed by atoms with Gasteiger partial charge in [0.2, 0.25) is 17.6 Å². The Bertz CT molecular complexity index is 753. The highest BCUT2D eigenvalue weighted by atomic mass is 16.2. The zero-order chi connectivity index (χ0) is 23.1. The van der Waals surface area contributed by atoms with Crippen LogP contribution in [0.25, 0.3) is 0 Å². The number of nitrogens with zero attached hydrogens (tertiary/aromatic N) is 1. The number of hydrogen-bond donors (Lipinski definition) is 1. The van der Waals surface area contributed by atoms with Crippen molar-refractivity contribution in [1.29, 1.82) is 0 Å². The predicted molar refractivity (Wildman–Crippen MR) is 119 cm³/mol. The van der Waals surface area contributed by atoms with Gasteiger partial charge in [0.05, 0.1) is 6.04 Å². The molecule has 0 aromatic rings. The number of carbonyl (C=O) groups is 4. The van der Waals surface area contributed by atoms with Crippen LogP contribution in [0.4, 0.5) is 0 Å². The summed E-state index contributed by atoms with van der Waals surface area (Å²) in [6.45, 7) is 12.3. The molecule has 6 nitrogen and oxygen atoms in total. The Labute approximate surface area is 186 Å². The first-order chi connectivity index (χ1) is 14.5. The summed E-state index contributed by atoms with van der Waals surface area (Å²) in [6, 6.07) is -1.36. The summed E-state index contributed by atoms with van der Waals surface area (Å²) in [4.78, 5) is 52.8. The Morgan fingerprint density at radius 2 is 1.68 bits per heavy atom. The molecule has 6 heteroatoms. The van der Waals surface area contributed by atoms with Gasteiger partial charge in [0.15, 0.2) is 5.78 Å². The topological polar surface area (TPSA) is 83.6 Å². The number of amides is 2. The van der Waals surface area contributed by atoms with Gasteiger partial charge < -0.3 is 10.2 Å². The quantitative estimate of drug-likeness (QED) is 0.595. The highest BCUT2D eigenvalue weighted by Gasteiger charge is 2.69. The third kappa shape index (κ3) is 4.31. The minimum Gasteiger partial charge on any atom is -0.344 e. The van der Waals surface area contributed by atoms with Crippen LogP contribution in [0.15, 0.2) is 0 Å². The van der Waals surface area contributed by atoms with E-state index in [4.69, 9.17) is 0 Å². The average Bonchev–Trinajstić information content (AvgIpc) is 3.05. The lowest BCUT2D eigenvalue weighted by atomic mass is 9.67. The smallest absolute Gasteiger partial charge is 0.243 e. The predicted octanol–water partition coefficient (Wildman–Crippen LogP) is 3.52. The Morgan fingerprint density at radius 1 is 1.06 bits per heavy atom. The molecule has 3 aliphatic rings. The van der Waals surface area contributed by atoms with Crippen molar-refractivity contribution < 1.29 is 19.2 Å². The summed E-state index contributed by atoms with van der Waals surface area (Å²) >= 11 is 0. The van der Waals surface area contributed by atoms with Crippen molar-refractivity contribution in [3.63, 3.8) is 0 Å². The maximum absolute atomic E-state index is 13.6. The molecule has 3 unspecified atom stereocenters. The van der Waals surface area contributed by atoms with Crippen LogP contribution in [-0.2, 0) is 19.2 Å². The van der Waals surface area contributed by atoms with Crippen LogP contribution in [0.3, 0.4) is 0 Å². The van der Waals surface area contributed by atoms with Gasteiger partial charge in [-0.05, 0) is 41.9 Å². The van der Waals surface area contributed by atoms with Gasteiger partial charge in [-0.15, -0.1) is 0 Å². The maximum atomic E-state index is 13.6. The zero-order valence-corrected chi connectivity index (χ0v) is 20.1. The van der Waals surface area contributed by atoms with Crippen LogP contribution in [0, 0.1) is 28.6 Å². The fourth-order valence-electron chi connectivity index (χ4n) is 6.21. The number of piperidine rings is 1. The van der Waals surface area contributed by atoms with Crippen molar-refractivity contribution in [3.05, 3.63) is 0 Å². The van der Waals surface area contributed by atoms with E-state index < -0.39 is 23.7 Å². The molecule has 3 fully saturated rings. The Hall–Kier alpha value is -1.72. The standard InChI is InChI=1S/C25H40N2O4/c1-7-11-18(21(29)16(3)28)26-22(30)20-19-17(24(19,4)5)14-27(20)23(31)15(2)25(6)12-9-8-10-13-25/h15,17-20H,7-14H2,1-6H3,(H,26,30)/t15-,17?,18?,19?,20+/m1/s1. The van der Waals surface area contributed by atoms with Crippen LogP contribution in [-0.4, -0.2) is 46.9 Å². The summed E-state index contributed by atoms with van der Waals surface area (Å²) in [5, 5.41) is 2.85. The van der Waals surface area contributed by atoms with Crippen LogP contribution in [0.5, 0.6) is 0 Å². The number of hydrogen-bond acceptors (Lipinski definition) is 4. The van der Waals surface area contributed by atoms with E-state index in [1.165, 1.54) is 13.3 Å².